The van der Waals surface area contributed by atoms with Gasteiger partial charge in [-0.15, -0.1) is 12.4 Å². The molecule has 1 aromatic carbocycles. The molecule has 1 fully saturated rings. The first-order chi connectivity index (χ1) is 13.2. The van der Waals surface area contributed by atoms with Crippen molar-refractivity contribution in [2.24, 2.45) is 7.05 Å². The molecule has 0 atom stereocenters. The van der Waals surface area contributed by atoms with Gasteiger partial charge in [0, 0.05) is 37.3 Å². The van der Waals surface area contributed by atoms with Crippen molar-refractivity contribution >= 4 is 50.1 Å². The molecule has 0 radical (unpaired) electrons. The molecule has 4 heterocycles. The fourth-order valence-corrected chi connectivity index (χ4v) is 4.75. The van der Waals surface area contributed by atoms with Crippen molar-refractivity contribution in [3.63, 3.8) is 0 Å². The Bertz CT molecular complexity index is 1110. The van der Waals surface area contributed by atoms with Crippen molar-refractivity contribution in [3.8, 4) is 11.3 Å². The number of pyridine rings is 1. The summed E-state index contributed by atoms with van der Waals surface area (Å²) in [5.74, 6) is 0. The molecule has 28 heavy (non-hydrogen) atoms. The zero-order chi connectivity index (χ0) is 18.4. The van der Waals surface area contributed by atoms with Crippen LogP contribution in [-0.4, -0.2) is 45.9 Å². The van der Waals surface area contributed by atoms with E-state index in [2.05, 4.69) is 52.7 Å². The van der Waals surface area contributed by atoms with Crippen molar-refractivity contribution in [2.75, 3.05) is 25.0 Å². The van der Waals surface area contributed by atoms with Crippen LogP contribution in [0.4, 0.5) is 5.13 Å². The molecule has 1 aliphatic heterocycles. The molecule has 0 aliphatic carbocycles. The Hall–Kier alpha value is -2.22. The van der Waals surface area contributed by atoms with E-state index in [1.54, 1.807) is 11.3 Å². The van der Waals surface area contributed by atoms with E-state index in [0.717, 1.165) is 63.6 Å². The third-order valence-electron chi connectivity index (χ3n) is 5.32. The molecule has 5 rings (SSSR count). The summed E-state index contributed by atoms with van der Waals surface area (Å²) < 4.78 is 1.84. The number of hydrogen-bond acceptors (Lipinski definition) is 6. The van der Waals surface area contributed by atoms with Gasteiger partial charge >= 0.3 is 0 Å². The molecule has 0 bridgehead atoms. The number of thiazole rings is 1. The van der Waals surface area contributed by atoms with Gasteiger partial charge in [0.05, 0.1) is 11.2 Å². The number of anilines is 1. The van der Waals surface area contributed by atoms with E-state index in [1.165, 1.54) is 0 Å². The van der Waals surface area contributed by atoms with Crippen LogP contribution in [0.5, 0.6) is 0 Å². The predicted molar refractivity (Wildman–Crippen MR) is 119 cm³/mol. The second-order valence-corrected chi connectivity index (χ2v) is 8.14. The van der Waals surface area contributed by atoms with E-state index in [0.29, 0.717) is 6.04 Å². The molecule has 1 saturated heterocycles. The molecule has 3 aromatic heterocycles. The van der Waals surface area contributed by atoms with Crippen LogP contribution in [0.15, 0.2) is 36.5 Å². The molecular weight excluding hydrogens is 392 g/mol. The summed E-state index contributed by atoms with van der Waals surface area (Å²) in [6, 6.07) is 11.0. The van der Waals surface area contributed by atoms with Gasteiger partial charge < -0.3 is 10.2 Å². The Kier molecular flexibility index (Phi) is 5.23. The summed E-state index contributed by atoms with van der Waals surface area (Å²) in [5, 5.41) is 10.1. The number of fused-ring (bicyclic) bond motifs is 2. The number of rotatable bonds is 3. The number of aromatic nitrogens is 4. The van der Waals surface area contributed by atoms with Gasteiger partial charge in [0.25, 0.3) is 0 Å². The number of nitrogens with one attached hydrogen (secondary N) is 1. The summed E-state index contributed by atoms with van der Waals surface area (Å²) >= 11 is 1.68. The Balaban J connectivity index is 0.00000192. The number of aryl methyl sites for hydroxylation is 1. The van der Waals surface area contributed by atoms with Crippen molar-refractivity contribution < 1.29 is 0 Å². The van der Waals surface area contributed by atoms with Crippen molar-refractivity contribution in [1.82, 2.24) is 25.1 Å². The van der Waals surface area contributed by atoms with Gasteiger partial charge in [-0.05, 0) is 50.2 Å². The summed E-state index contributed by atoms with van der Waals surface area (Å²) in [7, 11) is 4.10. The van der Waals surface area contributed by atoms with E-state index in [9.17, 15) is 0 Å². The first-order valence-corrected chi connectivity index (χ1v) is 10.1. The molecule has 0 unspecified atom stereocenters. The molecule has 8 heteroatoms. The van der Waals surface area contributed by atoms with Crippen LogP contribution in [0.1, 0.15) is 12.8 Å². The van der Waals surface area contributed by atoms with Gasteiger partial charge in [-0.3, -0.25) is 4.68 Å². The highest BCUT2D eigenvalue weighted by Gasteiger charge is 2.21. The summed E-state index contributed by atoms with van der Waals surface area (Å²) in [5.41, 5.74) is 4.07. The SMILES string of the molecule is CN(c1nc2ccc(-c3ccc4nn(C)cc4c3)nc2s1)C1CCNCC1.Cl. The van der Waals surface area contributed by atoms with E-state index in [4.69, 9.17) is 9.97 Å². The predicted octanol–water partition coefficient (Wildman–Crippen LogP) is 3.86. The Morgan fingerprint density at radius 1 is 1.11 bits per heavy atom. The average Bonchev–Trinajstić information content (AvgIpc) is 3.29. The van der Waals surface area contributed by atoms with E-state index < -0.39 is 0 Å². The quantitative estimate of drug-likeness (QED) is 0.551. The van der Waals surface area contributed by atoms with Crippen LogP contribution in [0.2, 0.25) is 0 Å². The largest absolute Gasteiger partial charge is 0.348 e. The second-order valence-electron chi connectivity index (χ2n) is 7.19. The maximum atomic E-state index is 4.90. The van der Waals surface area contributed by atoms with Crippen LogP contribution < -0.4 is 10.2 Å². The van der Waals surface area contributed by atoms with Crippen LogP contribution in [0.3, 0.4) is 0 Å². The first-order valence-electron chi connectivity index (χ1n) is 9.32. The van der Waals surface area contributed by atoms with Crippen LogP contribution in [0, 0.1) is 0 Å². The van der Waals surface area contributed by atoms with Crippen LogP contribution in [0.25, 0.3) is 32.5 Å². The monoisotopic (exact) mass is 414 g/mol. The molecule has 1 aliphatic rings. The normalized spacial score (nSPS) is 15.1. The van der Waals surface area contributed by atoms with Crippen molar-refractivity contribution in [3.05, 3.63) is 36.5 Å². The first kappa shape index (κ1) is 19.1. The lowest BCUT2D eigenvalue weighted by molar-refractivity contribution is 0.443. The zero-order valence-corrected chi connectivity index (χ0v) is 17.6. The molecule has 146 valence electrons. The van der Waals surface area contributed by atoms with Gasteiger partial charge in [0.15, 0.2) is 5.13 Å². The highest BCUT2D eigenvalue weighted by atomic mass is 35.5. The number of piperidine rings is 1. The molecule has 0 spiro atoms. The lowest BCUT2D eigenvalue weighted by atomic mass is 10.1. The molecule has 0 saturated carbocycles. The highest BCUT2D eigenvalue weighted by Crippen LogP contribution is 2.31. The minimum absolute atomic E-state index is 0. The third-order valence-corrected chi connectivity index (χ3v) is 6.37. The summed E-state index contributed by atoms with van der Waals surface area (Å²) in [4.78, 5) is 13.0. The fourth-order valence-electron chi connectivity index (χ4n) is 3.78. The maximum absolute atomic E-state index is 4.90. The van der Waals surface area contributed by atoms with Crippen molar-refractivity contribution in [1.29, 1.82) is 0 Å². The number of hydrogen-bond donors (Lipinski definition) is 1. The smallest absolute Gasteiger partial charge is 0.187 e. The van der Waals surface area contributed by atoms with Crippen molar-refractivity contribution in [2.45, 2.75) is 18.9 Å². The maximum Gasteiger partial charge on any atom is 0.187 e. The van der Waals surface area contributed by atoms with Crippen LogP contribution >= 0.6 is 23.7 Å². The van der Waals surface area contributed by atoms with E-state index >= 15 is 0 Å². The van der Waals surface area contributed by atoms with Gasteiger partial charge in [-0.2, -0.15) is 5.10 Å². The topological polar surface area (TPSA) is 58.9 Å². The van der Waals surface area contributed by atoms with E-state index in [1.807, 2.05) is 17.9 Å². The molecule has 1 N–H and O–H groups in total. The number of benzene rings is 1. The average molecular weight is 415 g/mol. The van der Waals surface area contributed by atoms with E-state index in [-0.39, 0.29) is 12.4 Å². The van der Waals surface area contributed by atoms with Gasteiger partial charge in [0.2, 0.25) is 0 Å². The lowest BCUT2D eigenvalue weighted by Crippen LogP contribution is -2.41. The number of nitrogens with zero attached hydrogens (tertiary/aromatic N) is 5. The minimum Gasteiger partial charge on any atom is -0.348 e. The molecule has 0 amide bonds. The summed E-state index contributed by atoms with van der Waals surface area (Å²) in [6.07, 6.45) is 4.36. The Morgan fingerprint density at radius 3 is 2.71 bits per heavy atom. The zero-order valence-electron chi connectivity index (χ0n) is 15.9. The minimum atomic E-state index is 0. The molecule has 4 aromatic rings. The van der Waals surface area contributed by atoms with Crippen LogP contribution in [-0.2, 0) is 7.05 Å². The lowest BCUT2D eigenvalue weighted by Gasteiger charge is -2.31. The Labute approximate surface area is 174 Å². The number of halogens is 1. The Morgan fingerprint density at radius 2 is 1.89 bits per heavy atom. The highest BCUT2D eigenvalue weighted by molar-refractivity contribution is 7.21. The third kappa shape index (κ3) is 3.45. The fraction of sp³-hybridized carbons (Fsp3) is 0.350. The van der Waals surface area contributed by atoms with Gasteiger partial charge in [-0.1, -0.05) is 17.4 Å². The standard InChI is InChI=1S/C20H22N6S.ClH/c1-25-12-14-11-13(3-4-17(14)24-25)16-5-6-18-19(22-16)27-20(23-18)26(2)15-7-9-21-10-8-15;/h3-6,11-12,15,21H,7-10H2,1-2H3;1H. The summed E-state index contributed by atoms with van der Waals surface area (Å²) in [6.45, 7) is 2.16. The molecular formula is C20H23ClN6S. The van der Waals surface area contributed by atoms with Gasteiger partial charge in [-0.25, -0.2) is 9.97 Å². The second kappa shape index (κ2) is 7.66. The van der Waals surface area contributed by atoms with Gasteiger partial charge in [0.1, 0.15) is 10.3 Å². The molecule has 6 nitrogen and oxygen atoms in total.